The maximum absolute atomic E-state index is 12.3. The topological polar surface area (TPSA) is 84.1 Å². The van der Waals surface area contributed by atoms with Crippen LogP contribution in [-0.2, 0) is 15.5 Å². The Hall–Kier alpha value is -1.89. The largest absolute Gasteiger partial charge is 0.453 e. The summed E-state index contributed by atoms with van der Waals surface area (Å²) < 4.78 is 53.3. The predicted octanol–water partition coefficient (Wildman–Crippen LogP) is 2.26. The number of imidazole rings is 1. The third-order valence-corrected chi connectivity index (χ3v) is 3.51. The smallest absolute Gasteiger partial charge is 0.413 e. The number of methoxy groups -OCH3 is 1. The summed E-state index contributed by atoms with van der Waals surface area (Å²) in [6, 6.07) is 4.47. The van der Waals surface area contributed by atoms with E-state index in [1.807, 2.05) is 0 Å². The lowest BCUT2D eigenvalue weighted by Gasteiger charge is -1.99. The minimum Gasteiger partial charge on any atom is -0.453 e. The van der Waals surface area contributed by atoms with E-state index in [-0.39, 0.29) is 10.8 Å². The number of fused-ring (bicyclic) bond motifs is 1. The van der Waals surface area contributed by atoms with Gasteiger partial charge in [0.25, 0.3) is 0 Å². The first-order valence-electron chi connectivity index (χ1n) is 7.76. The molecular formula is C12H15N3O3S. The molecule has 1 atom stereocenters. The highest BCUT2D eigenvalue weighted by Crippen LogP contribution is 2.18. The van der Waals surface area contributed by atoms with Crippen molar-refractivity contribution in [1.82, 2.24) is 9.97 Å². The minimum atomic E-state index is -2.86. The monoisotopic (exact) mass is 286 g/mol. The average molecular weight is 286 g/mol. The average Bonchev–Trinajstić information content (AvgIpc) is 2.86. The number of anilines is 1. The van der Waals surface area contributed by atoms with Crippen LogP contribution < -0.4 is 5.32 Å². The van der Waals surface area contributed by atoms with Crippen molar-refractivity contribution in [1.29, 1.82) is 0 Å². The van der Waals surface area contributed by atoms with Crippen molar-refractivity contribution in [3.63, 3.8) is 0 Å². The molecule has 0 fully saturated rings. The van der Waals surface area contributed by atoms with Crippen LogP contribution in [0.25, 0.3) is 11.0 Å². The number of nitrogens with zero attached hydrogens (tertiary/aromatic N) is 1. The lowest BCUT2D eigenvalue weighted by molar-refractivity contribution is 0.186. The summed E-state index contributed by atoms with van der Waals surface area (Å²) in [6.45, 7) is -2.86. The first-order chi connectivity index (χ1) is 11.0. The highest BCUT2D eigenvalue weighted by Gasteiger charge is 2.09. The quantitative estimate of drug-likeness (QED) is 0.903. The molecule has 6 nitrogen and oxygen atoms in total. The number of carbonyl (C=O) groups is 1. The number of aromatic amines is 1. The number of hydrogen-bond donors (Lipinski definition) is 2. The molecule has 0 aliphatic heterocycles. The second kappa shape index (κ2) is 5.83. The van der Waals surface area contributed by atoms with Gasteiger partial charge in [0.05, 0.1) is 28.9 Å². The molecule has 0 spiro atoms. The fourth-order valence-corrected chi connectivity index (χ4v) is 2.25. The zero-order chi connectivity index (χ0) is 18.1. The molecule has 0 bridgehead atoms. The second-order valence-corrected chi connectivity index (χ2v) is 5.00. The molecule has 0 saturated carbocycles. The Morgan fingerprint density at radius 3 is 3.26 bits per heavy atom. The maximum Gasteiger partial charge on any atom is 0.413 e. The molecular weight excluding hydrogens is 266 g/mol. The molecule has 0 aliphatic rings. The van der Waals surface area contributed by atoms with Crippen molar-refractivity contribution >= 4 is 33.9 Å². The molecule has 0 aliphatic carbocycles. The van der Waals surface area contributed by atoms with Gasteiger partial charge >= 0.3 is 6.09 Å². The van der Waals surface area contributed by atoms with Gasteiger partial charge in [0.15, 0.2) is 0 Å². The summed E-state index contributed by atoms with van der Waals surface area (Å²) in [5, 5.41) is 2.35. The van der Waals surface area contributed by atoms with Gasteiger partial charge in [-0.1, -0.05) is 6.85 Å². The highest BCUT2D eigenvalue weighted by atomic mass is 32.2. The SMILES string of the molecule is [2H]C([2H])([2H])C([2H])([2H])CS(=O)c1ccc2nc(NC(=O)OC)[nH]c2c1. The molecule has 102 valence electrons. The molecule has 19 heavy (non-hydrogen) atoms. The van der Waals surface area contributed by atoms with Crippen LogP contribution in [0.4, 0.5) is 10.7 Å². The molecule has 1 amide bonds. The molecule has 2 rings (SSSR count). The van der Waals surface area contributed by atoms with Gasteiger partial charge in [0, 0.05) is 17.5 Å². The fourth-order valence-electron chi connectivity index (χ4n) is 1.49. The standard InChI is InChI=1S/C12H15N3O3S/c1-3-6-19(17)8-4-5-9-10(7-8)14-11(13-9)15-12(16)18-2/h4-5,7H,3,6H2,1-2H3,(H2,13,14,15,16)/i1D3,3D2. The van der Waals surface area contributed by atoms with Gasteiger partial charge in [0.2, 0.25) is 5.95 Å². The fraction of sp³-hybridized carbons (Fsp3) is 0.333. The van der Waals surface area contributed by atoms with E-state index < -0.39 is 35.9 Å². The summed E-state index contributed by atoms with van der Waals surface area (Å²) in [4.78, 5) is 18.3. The first kappa shape index (κ1) is 8.31. The molecule has 1 aromatic carbocycles. The molecule has 1 unspecified atom stereocenters. The van der Waals surface area contributed by atoms with Crippen molar-refractivity contribution < 1.29 is 20.6 Å². The van der Waals surface area contributed by atoms with Crippen LogP contribution in [0.5, 0.6) is 0 Å². The van der Waals surface area contributed by atoms with E-state index in [1.54, 1.807) is 0 Å². The van der Waals surface area contributed by atoms with Gasteiger partial charge < -0.3 is 9.72 Å². The van der Waals surface area contributed by atoms with E-state index in [0.29, 0.717) is 11.0 Å². The Bertz CT molecular complexity index is 790. The van der Waals surface area contributed by atoms with Crippen LogP contribution in [0.1, 0.15) is 20.1 Å². The minimum absolute atomic E-state index is 0.137. The number of amides is 1. The maximum atomic E-state index is 12.3. The zero-order valence-electron chi connectivity index (χ0n) is 15.0. The van der Waals surface area contributed by atoms with Crippen molar-refractivity contribution in [2.45, 2.75) is 18.1 Å². The van der Waals surface area contributed by atoms with Crippen LogP contribution in [0.2, 0.25) is 0 Å². The molecule has 7 heteroatoms. The number of hydrogen-bond acceptors (Lipinski definition) is 4. The lowest BCUT2D eigenvalue weighted by atomic mass is 10.3. The van der Waals surface area contributed by atoms with E-state index in [1.165, 1.54) is 25.3 Å². The van der Waals surface area contributed by atoms with Crippen LogP contribution >= 0.6 is 0 Å². The Labute approximate surface area is 120 Å². The van der Waals surface area contributed by atoms with Crippen molar-refractivity contribution in [2.24, 2.45) is 0 Å². The number of ether oxygens (including phenoxy) is 1. The van der Waals surface area contributed by atoms with E-state index >= 15 is 0 Å². The molecule has 0 saturated heterocycles. The highest BCUT2D eigenvalue weighted by molar-refractivity contribution is 7.85. The second-order valence-electron chi connectivity index (χ2n) is 3.55. The van der Waals surface area contributed by atoms with Crippen LogP contribution in [-0.4, -0.2) is 33.1 Å². The zero-order valence-corrected chi connectivity index (χ0v) is 10.8. The Balaban J connectivity index is 2.24. The molecule has 1 aromatic heterocycles. The molecule has 2 N–H and O–H groups in total. The number of rotatable bonds is 4. The van der Waals surface area contributed by atoms with E-state index in [9.17, 15) is 9.00 Å². The number of nitrogens with one attached hydrogen (secondary N) is 2. The Morgan fingerprint density at radius 1 is 1.68 bits per heavy atom. The van der Waals surface area contributed by atoms with E-state index in [0.717, 1.165) is 0 Å². The number of carbonyl (C=O) groups excluding carboxylic acids is 1. The van der Waals surface area contributed by atoms with Crippen molar-refractivity contribution in [3.05, 3.63) is 18.2 Å². The van der Waals surface area contributed by atoms with Gasteiger partial charge in [-0.05, 0) is 24.6 Å². The van der Waals surface area contributed by atoms with E-state index in [2.05, 4.69) is 20.0 Å². The summed E-state index contributed by atoms with van der Waals surface area (Å²) >= 11 is 0. The number of aromatic nitrogens is 2. The van der Waals surface area contributed by atoms with Gasteiger partial charge in [-0.3, -0.25) is 9.53 Å². The number of H-pyrrole nitrogens is 1. The molecule has 1 heterocycles. The van der Waals surface area contributed by atoms with Crippen LogP contribution in [0, 0.1) is 0 Å². The van der Waals surface area contributed by atoms with E-state index in [4.69, 9.17) is 6.85 Å². The molecule has 2 aromatic rings. The van der Waals surface area contributed by atoms with Gasteiger partial charge in [-0.25, -0.2) is 9.78 Å². The predicted molar refractivity (Wildman–Crippen MR) is 73.7 cm³/mol. The van der Waals surface area contributed by atoms with Gasteiger partial charge in [-0.2, -0.15) is 0 Å². The van der Waals surface area contributed by atoms with Crippen molar-refractivity contribution in [2.75, 3.05) is 18.2 Å². The number of benzene rings is 1. The normalized spacial score (nSPS) is 17.6. The Morgan fingerprint density at radius 2 is 2.53 bits per heavy atom. The third-order valence-electron chi connectivity index (χ3n) is 2.33. The summed E-state index contributed by atoms with van der Waals surface area (Å²) in [7, 11) is -0.647. The van der Waals surface area contributed by atoms with Crippen LogP contribution in [0.3, 0.4) is 0 Å². The van der Waals surface area contributed by atoms with Crippen molar-refractivity contribution in [3.8, 4) is 0 Å². The van der Waals surface area contributed by atoms with Gasteiger partial charge in [0.1, 0.15) is 0 Å². The van der Waals surface area contributed by atoms with Crippen LogP contribution in [0.15, 0.2) is 23.1 Å². The molecule has 0 radical (unpaired) electrons. The Kier molecular flexibility index (Phi) is 2.55. The van der Waals surface area contributed by atoms with Gasteiger partial charge in [-0.15, -0.1) is 0 Å². The summed E-state index contributed by atoms with van der Waals surface area (Å²) in [6.07, 6.45) is -3.28. The summed E-state index contributed by atoms with van der Waals surface area (Å²) in [5.41, 5.74) is 0.947. The summed E-state index contributed by atoms with van der Waals surface area (Å²) in [5.74, 6) is -0.520. The lowest BCUT2D eigenvalue weighted by Crippen LogP contribution is -2.11. The third kappa shape index (κ3) is 3.11. The first-order valence-corrected chi connectivity index (χ1v) is 6.58.